The lowest BCUT2D eigenvalue weighted by Gasteiger charge is -2.40. The molecule has 0 unspecified atom stereocenters. The van der Waals surface area contributed by atoms with Crippen LogP contribution in [-0.2, 0) is 6.54 Å². The smallest absolute Gasteiger partial charge is 0.0447 e. The molecule has 2 N–H and O–H groups in total. The van der Waals surface area contributed by atoms with E-state index in [0.717, 1.165) is 25.6 Å². The Morgan fingerprint density at radius 3 is 2.67 bits per heavy atom. The standard InChI is InChI=1S/C18H28N2O/c1-14-6-9-18(15(12-14)13-19-16-7-8-16)20(10-3-11-21)17-4-2-5-17/h6,9,12,16-17,19,21H,2-5,7-8,10-11,13H2,1H3. The molecule has 0 aromatic heterocycles. The van der Waals surface area contributed by atoms with E-state index < -0.39 is 0 Å². The number of aryl methyl sites for hydroxylation is 1. The molecule has 21 heavy (non-hydrogen) atoms. The van der Waals surface area contributed by atoms with Crippen molar-refractivity contribution in [1.82, 2.24) is 5.32 Å². The molecule has 3 heteroatoms. The molecule has 2 fully saturated rings. The Bertz CT molecular complexity index is 466. The van der Waals surface area contributed by atoms with Crippen LogP contribution >= 0.6 is 0 Å². The summed E-state index contributed by atoms with van der Waals surface area (Å²) in [4.78, 5) is 2.54. The number of rotatable bonds is 8. The number of nitrogens with one attached hydrogen (secondary N) is 1. The van der Waals surface area contributed by atoms with Crippen molar-refractivity contribution >= 4 is 5.69 Å². The second-order valence-electron chi connectivity index (χ2n) is 6.64. The topological polar surface area (TPSA) is 35.5 Å². The van der Waals surface area contributed by atoms with Crippen molar-refractivity contribution in [2.45, 2.75) is 64.1 Å². The molecule has 3 nitrogen and oxygen atoms in total. The summed E-state index contributed by atoms with van der Waals surface area (Å²) in [6, 6.07) is 8.26. The maximum Gasteiger partial charge on any atom is 0.0447 e. The van der Waals surface area contributed by atoms with Crippen molar-refractivity contribution < 1.29 is 5.11 Å². The first-order chi connectivity index (χ1) is 10.3. The van der Waals surface area contributed by atoms with Crippen LogP contribution in [0, 0.1) is 6.92 Å². The predicted octanol–water partition coefficient (Wildman–Crippen LogP) is 2.99. The summed E-state index contributed by atoms with van der Waals surface area (Å²) in [5.74, 6) is 0. The van der Waals surface area contributed by atoms with E-state index >= 15 is 0 Å². The summed E-state index contributed by atoms with van der Waals surface area (Å²) in [5.41, 5.74) is 4.14. The lowest BCUT2D eigenvalue weighted by molar-refractivity contribution is 0.283. The zero-order valence-electron chi connectivity index (χ0n) is 13.1. The number of hydrogen-bond donors (Lipinski definition) is 2. The number of benzene rings is 1. The molecule has 0 amide bonds. The van der Waals surface area contributed by atoms with E-state index in [1.165, 1.54) is 48.9 Å². The fourth-order valence-corrected chi connectivity index (χ4v) is 3.12. The zero-order valence-corrected chi connectivity index (χ0v) is 13.1. The molecule has 0 heterocycles. The van der Waals surface area contributed by atoms with Gasteiger partial charge in [-0.3, -0.25) is 0 Å². The quantitative estimate of drug-likeness (QED) is 0.772. The van der Waals surface area contributed by atoms with Gasteiger partial charge in [0, 0.05) is 37.5 Å². The first-order valence-electron chi connectivity index (χ1n) is 8.48. The van der Waals surface area contributed by atoms with Gasteiger partial charge in [0.2, 0.25) is 0 Å². The van der Waals surface area contributed by atoms with Crippen molar-refractivity contribution in [1.29, 1.82) is 0 Å². The lowest BCUT2D eigenvalue weighted by Crippen LogP contribution is -2.42. The van der Waals surface area contributed by atoms with Crippen molar-refractivity contribution in [2.24, 2.45) is 0 Å². The summed E-state index contributed by atoms with van der Waals surface area (Å²) >= 11 is 0. The van der Waals surface area contributed by atoms with E-state index in [1.54, 1.807) is 0 Å². The van der Waals surface area contributed by atoms with E-state index in [1.807, 2.05) is 0 Å². The molecular weight excluding hydrogens is 260 g/mol. The van der Waals surface area contributed by atoms with Gasteiger partial charge >= 0.3 is 0 Å². The average Bonchev–Trinajstić information content (AvgIpc) is 3.23. The molecule has 2 aliphatic rings. The minimum atomic E-state index is 0.282. The van der Waals surface area contributed by atoms with Gasteiger partial charge in [-0.25, -0.2) is 0 Å². The van der Waals surface area contributed by atoms with Gasteiger partial charge in [-0.2, -0.15) is 0 Å². The van der Waals surface area contributed by atoms with Gasteiger partial charge < -0.3 is 15.3 Å². The maximum absolute atomic E-state index is 9.19. The number of aliphatic hydroxyl groups is 1. The van der Waals surface area contributed by atoms with Crippen molar-refractivity contribution in [3.8, 4) is 0 Å². The molecule has 0 radical (unpaired) electrons. The van der Waals surface area contributed by atoms with E-state index in [-0.39, 0.29) is 6.61 Å². The third-order valence-electron chi connectivity index (χ3n) is 4.78. The molecule has 0 saturated heterocycles. The van der Waals surface area contributed by atoms with E-state index in [4.69, 9.17) is 0 Å². The molecule has 0 atom stereocenters. The highest BCUT2D eigenvalue weighted by atomic mass is 16.3. The van der Waals surface area contributed by atoms with Crippen LogP contribution in [0.5, 0.6) is 0 Å². The third-order valence-corrected chi connectivity index (χ3v) is 4.78. The number of hydrogen-bond acceptors (Lipinski definition) is 3. The molecule has 0 spiro atoms. The van der Waals surface area contributed by atoms with Gasteiger partial charge in [-0.15, -0.1) is 0 Å². The Morgan fingerprint density at radius 1 is 1.24 bits per heavy atom. The van der Waals surface area contributed by atoms with Crippen LogP contribution in [0.2, 0.25) is 0 Å². The fourth-order valence-electron chi connectivity index (χ4n) is 3.12. The maximum atomic E-state index is 9.19. The van der Waals surface area contributed by atoms with Crippen molar-refractivity contribution in [3.05, 3.63) is 29.3 Å². The predicted molar refractivity (Wildman–Crippen MR) is 87.7 cm³/mol. The van der Waals surface area contributed by atoms with Crippen LogP contribution in [0.25, 0.3) is 0 Å². The normalized spacial score (nSPS) is 18.6. The minimum absolute atomic E-state index is 0.282. The second-order valence-corrected chi connectivity index (χ2v) is 6.64. The van der Waals surface area contributed by atoms with Gasteiger partial charge in [0.15, 0.2) is 0 Å². The Labute approximate surface area is 128 Å². The Balaban J connectivity index is 1.78. The van der Waals surface area contributed by atoms with Gasteiger partial charge in [0.1, 0.15) is 0 Å². The number of nitrogens with zero attached hydrogens (tertiary/aromatic N) is 1. The first kappa shape index (κ1) is 14.9. The fraction of sp³-hybridized carbons (Fsp3) is 0.667. The number of aliphatic hydroxyl groups excluding tert-OH is 1. The lowest BCUT2D eigenvalue weighted by atomic mass is 9.90. The van der Waals surface area contributed by atoms with E-state index in [0.29, 0.717) is 6.04 Å². The summed E-state index contributed by atoms with van der Waals surface area (Å²) in [7, 11) is 0. The van der Waals surface area contributed by atoms with Gasteiger partial charge in [-0.1, -0.05) is 17.7 Å². The van der Waals surface area contributed by atoms with E-state index in [2.05, 4.69) is 35.3 Å². The van der Waals surface area contributed by atoms with E-state index in [9.17, 15) is 5.11 Å². The van der Waals surface area contributed by atoms with Crippen LogP contribution in [0.3, 0.4) is 0 Å². The SMILES string of the molecule is Cc1ccc(N(CCCO)C2CCC2)c(CNC2CC2)c1. The zero-order chi connectivity index (χ0) is 14.7. The third kappa shape index (κ3) is 3.78. The van der Waals surface area contributed by atoms with Gasteiger partial charge in [0.25, 0.3) is 0 Å². The molecule has 116 valence electrons. The van der Waals surface area contributed by atoms with Gasteiger partial charge in [0.05, 0.1) is 0 Å². The largest absolute Gasteiger partial charge is 0.396 e. The van der Waals surface area contributed by atoms with Crippen LogP contribution in [0.15, 0.2) is 18.2 Å². The second kappa shape index (κ2) is 6.80. The Kier molecular flexibility index (Phi) is 4.81. The Hall–Kier alpha value is -1.06. The highest BCUT2D eigenvalue weighted by molar-refractivity contribution is 5.56. The highest BCUT2D eigenvalue weighted by Crippen LogP contribution is 2.33. The van der Waals surface area contributed by atoms with Gasteiger partial charge in [-0.05, 0) is 57.1 Å². The minimum Gasteiger partial charge on any atom is -0.396 e. The summed E-state index contributed by atoms with van der Waals surface area (Å²) in [6.07, 6.45) is 7.47. The first-order valence-corrected chi connectivity index (χ1v) is 8.48. The molecule has 0 aliphatic heterocycles. The number of anilines is 1. The van der Waals surface area contributed by atoms with Crippen LogP contribution in [0.1, 0.15) is 49.7 Å². The molecule has 2 aliphatic carbocycles. The van der Waals surface area contributed by atoms with Crippen LogP contribution in [0.4, 0.5) is 5.69 Å². The molecule has 0 bridgehead atoms. The van der Waals surface area contributed by atoms with Crippen molar-refractivity contribution in [2.75, 3.05) is 18.1 Å². The Morgan fingerprint density at radius 2 is 2.05 bits per heavy atom. The summed E-state index contributed by atoms with van der Waals surface area (Å²) in [6.45, 7) is 4.40. The average molecular weight is 288 g/mol. The highest BCUT2D eigenvalue weighted by Gasteiger charge is 2.27. The molecule has 3 rings (SSSR count). The molecule has 2 saturated carbocycles. The molecule has 1 aromatic rings. The van der Waals surface area contributed by atoms with Crippen LogP contribution in [-0.4, -0.2) is 30.3 Å². The molecular formula is C18H28N2O. The van der Waals surface area contributed by atoms with Crippen molar-refractivity contribution in [3.63, 3.8) is 0 Å². The monoisotopic (exact) mass is 288 g/mol. The summed E-state index contributed by atoms with van der Waals surface area (Å²) in [5, 5.41) is 12.8. The molecule has 1 aromatic carbocycles. The van der Waals surface area contributed by atoms with Crippen LogP contribution < -0.4 is 10.2 Å². The summed E-state index contributed by atoms with van der Waals surface area (Å²) < 4.78 is 0.